The molecule has 2 amide bonds. The molecule has 27 heavy (non-hydrogen) atoms. The maximum atomic E-state index is 12.5. The van der Waals surface area contributed by atoms with Gasteiger partial charge < -0.3 is 14.7 Å². The van der Waals surface area contributed by atoms with E-state index in [2.05, 4.69) is 20.4 Å². The summed E-state index contributed by atoms with van der Waals surface area (Å²) in [5.74, 6) is 0.775. The number of nitrogens with one attached hydrogen (secondary N) is 1. The first kappa shape index (κ1) is 16.9. The predicted molar refractivity (Wildman–Crippen MR) is 96.9 cm³/mol. The van der Waals surface area contributed by atoms with Gasteiger partial charge in [-0.1, -0.05) is 11.2 Å². The number of anilines is 1. The predicted octanol–water partition coefficient (Wildman–Crippen LogP) is 2.33. The van der Waals surface area contributed by atoms with Crippen LogP contribution in [0.3, 0.4) is 0 Å². The zero-order valence-electron chi connectivity index (χ0n) is 14.6. The minimum atomic E-state index is -0.149. The number of hydrogen-bond donors (Lipinski definition) is 1. The molecule has 1 fully saturated rings. The van der Waals surface area contributed by atoms with Crippen molar-refractivity contribution in [3.63, 3.8) is 0 Å². The van der Waals surface area contributed by atoms with Crippen LogP contribution in [0.2, 0.25) is 0 Å². The number of hydrogen-bond acceptors (Lipinski definition) is 6. The maximum absolute atomic E-state index is 12.5. The highest BCUT2D eigenvalue weighted by atomic mass is 16.5. The Morgan fingerprint density at radius 3 is 2.59 bits per heavy atom. The molecule has 0 unspecified atom stereocenters. The summed E-state index contributed by atoms with van der Waals surface area (Å²) in [6, 6.07) is 12.3. The first-order valence-electron chi connectivity index (χ1n) is 8.52. The van der Waals surface area contributed by atoms with Crippen LogP contribution in [0.25, 0.3) is 11.5 Å². The number of carbonyl (C=O) groups excluding carboxylic acids is 2. The molecule has 4 rings (SSSR count). The summed E-state index contributed by atoms with van der Waals surface area (Å²) in [5.41, 5.74) is 1.88. The van der Waals surface area contributed by atoms with Gasteiger partial charge in [0.25, 0.3) is 5.91 Å². The van der Waals surface area contributed by atoms with E-state index in [0.29, 0.717) is 41.7 Å². The van der Waals surface area contributed by atoms with Gasteiger partial charge in [-0.25, -0.2) is 0 Å². The van der Waals surface area contributed by atoms with E-state index in [1.54, 1.807) is 35.4 Å². The number of likely N-dealkylation sites (tertiary alicyclic amines) is 1. The van der Waals surface area contributed by atoms with Crippen LogP contribution in [0.5, 0.6) is 0 Å². The Bertz CT molecular complexity index is 963. The van der Waals surface area contributed by atoms with Crippen molar-refractivity contribution in [2.45, 2.75) is 12.8 Å². The van der Waals surface area contributed by atoms with Crippen LogP contribution in [0, 0.1) is 0 Å². The molecule has 8 nitrogen and oxygen atoms in total. The van der Waals surface area contributed by atoms with Crippen LogP contribution in [0.4, 0.5) is 5.69 Å². The van der Waals surface area contributed by atoms with Crippen LogP contribution in [0.1, 0.15) is 29.1 Å². The molecule has 0 saturated carbocycles. The van der Waals surface area contributed by atoms with Gasteiger partial charge >= 0.3 is 0 Å². The number of amides is 2. The lowest BCUT2D eigenvalue weighted by molar-refractivity contribution is -0.114. The minimum Gasteiger partial charge on any atom is -0.338 e. The molecule has 0 bridgehead atoms. The highest BCUT2D eigenvalue weighted by molar-refractivity contribution is 5.96. The summed E-state index contributed by atoms with van der Waals surface area (Å²) < 4.78 is 5.33. The highest BCUT2D eigenvalue weighted by Gasteiger charge is 2.36. The smallest absolute Gasteiger partial charge is 0.253 e. The number of benzene rings is 1. The fraction of sp³-hybridized carbons (Fsp3) is 0.211. The van der Waals surface area contributed by atoms with Gasteiger partial charge in [0, 0.05) is 37.5 Å². The van der Waals surface area contributed by atoms with Crippen molar-refractivity contribution >= 4 is 17.5 Å². The Balaban J connectivity index is 1.37. The molecule has 0 aliphatic carbocycles. The SMILES string of the molecule is CC(=O)Nc1ccc(C(=O)N2CC(c3nc(-c4ccccn4)no3)C2)cc1. The second-order valence-electron chi connectivity index (χ2n) is 6.34. The van der Waals surface area contributed by atoms with Crippen molar-refractivity contribution in [3.8, 4) is 11.5 Å². The lowest BCUT2D eigenvalue weighted by Gasteiger charge is -2.37. The summed E-state index contributed by atoms with van der Waals surface area (Å²) in [6.07, 6.45) is 1.67. The summed E-state index contributed by atoms with van der Waals surface area (Å²) in [4.78, 5) is 33.9. The standard InChI is InChI=1S/C19H17N5O3/c1-12(25)21-15-7-5-13(6-8-15)19(26)24-10-14(11-24)18-22-17(23-27-18)16-4-2-3-9-20-16/h2-9,14H,10-11H2,1H3,(H,21,25). The normalized spacial score (nSPS) is 13.9. The lowest BCUT2D eigenvalue weighted by atomic mass is 9.98. The summed E-state index contributed by atoms with van der Waals surface area (Å²) in [7, 11) is 0. The molecule has 2 aromatic heterocycles. The molecule has 0 radical (unpaired) electrons. The van der Waals surface area contributed by atoms with Gasteiger partial charge in [-0.2, -0.15) is 4.98 Å². The first-order chi connectivity index (χ1) is 13.1. The van der Waals surface area contributed by atoms with Crippen LogP contribution >= 0.6 is 0 Å². The molecule has 0 spiro atoms. The third-order valence-corrected chi connectivity index (χ3v) is 4.31. The fourth-order valence-corrected chi connectivity index (χ4v) is 2.88. The monoisotopic (exact) mass is 363 g/mol. The van der Waals surface area contributed by atoms with Gasteiger partial charge in [0.15, 0.2) is 0 Å². The molecule has 1 aromatic carbocycles. The van der Waals surface area contributed by atoms with Crippen LogP contribution < -0.4 is 5.32 Å². The van der Waals surface area contributed by atoms with E-state index in [9.17, 15) is 9.59 Å². The van der Waals surface area contributed by atoms with E-state index in [1.807, 2.05) is 18.2 Å². The highest BCUT2D eigenvalue weighted by Crippen LogP contribution is 2.28. The van der Waals surface area contributed by atoms with Gasteiger partial charge in [-0.05, 0) is 36.4 Å². The number of pyridine rings is 1. The zero-order chi connectivity index (χ0) is 18.8. The third kappa shape index (κ3) is 3.55. The molecule has 0 atom stereocenters. The third-order valence-electron chi connectivity index (χ3n) is 4.31. The molecule has 3 aromatic rings. The lowest BCUT2D eigenvalue weighted by Crippen LogP contribution is -2.48. The van der Waals surface area contributed by atoms with Gasteiger partial charge in [-0.15, -0.1) is 0 Å². The molecule has 1 aliphatic rings. The second kappa shape index (κ2) is 6.99. The largest absolute Gasteiger partial charge is 0.338 e. The van der Waals surface area contributed by atoms with Crippen molar-refractivity contribution < 1.29 is 14.1 Å². The first-order valence-corrected chi connectivity index (χ1v) is 8.52. The number of aromatic nitrogens is 3. The molecule has 136 valence electrons. The molecule has 1 aliphatic heterocycles. The molecular formula is C19H17N5O3. The van der Waals surface area contributed by atoms with Crippen molar-refractivity contribution in [3.05, 3.63) is 60.1 Å². The van der Waals surface area contributed by atoms with E-state index in [-0.39, 0.29) is 17.7 Å². The van der Waals surface area contributed by atoms with E-state index >= 15 is 0 Å². The van der Waals surface area contributed by atoms with E-state index in [0.717, 1.165) is 0 Å². The van der Waals surface area contributed by atoms with Crippen molar-refractivity contribution in [2.24, 2.45) is 0 Å². The van der Waals surface area contributed by atoms with Crippen molar-refractivity contribution in [1.82, 2.24) is 20.0 Å². The molecular weight excluding hydrogens is 346 g/mol. The second-order valence-corrected chi connectivity index (χ2v) is 6.34. The topological polar surface area (TPSA) is 101 Å². The average molecular weight is 363 g/mol. The number of carbonyl (C=O) groups is 2. The maximum Gasteiger partial charge on any atom is 0.253 e. The van der Waals surface area contributed by atoms with Gasteiger partial charge in [0.05, 0.1) is 5.92 Å². The van der Waals surface area contributed by atoms with Crippen LogP contribution in [-0.4, -0.2) is 44.9 Å². The Hall–Kier alpha value is -3.55. The van der Waals surface area contributed by atoms with E-state index in [1.165, 1.54) is 6.92 Å². The fourth-order valence-electron chi connectivity index (χ4n) is 2.88. The molecule has 3 heterocycles. The Morgan fingerprint density at radius 2 is 1.93 bits per heavy atom. The average Bonchev–Trinajstić information content (AvgIpc) is 3.11. The van der Waals surface area contributed by atoms with Crippen molar-refractivity contribution in [2.75, 3.05) is 18.4 Å². The Kier molecular flexibility index (Phi) is 4.37. The molecule has 8 heteroatoms. The van der Waals surface area contributed by atoms with E-state index < -0.39 is 0 Å². The van der Waals surface area contributed by atoms with Gasteiger partial charge in [0.2, 0.25) is 17.6 Å². The van der Waals surface area contributed by atoms with Gasteiger partial charge in [-0.3, -0.25) is 14.6 Å². The molecule has 1 N–H and O–H groups in total. The summed E-state index contributed by atoms with van der Waals surface area (Å²) in [6.45, 7) is 2.49. The van der Waals surface area contributed by atoms with Crippen LogP contribution in [-0.2, 0) is 4.79 Å². The minimum absolute atomic E-state index is 0.0255. The molecule has 1 saturated heterocycles. The summed E-state index contributed by atoms with van der Waals surface area (Å²) in [5, 5.41) is 6.64. The summed E-state index contributed by atoms with van der Waals surface area (Å²) >= 11 is 0. The quantitative estimate of drug-likeness (QED) is 0.763. The van der Waals surface area contributed by atoms with E-state index in [4.69, 9.17) is 4.52 Å². The Morgan fingerprint density at radius 1 is 1.15 bits per heavy atom. The zero-order valence-corrected chi connectivity index (χ0v) is 14.6. The van der Waals surface area contributed by atoms with Gasteiger partial charge in [0.1, 0.15) is 5.69 Å². The van der Waals surface area contributed by atoms with Crippen LogP contribution in [0.15, 0.2) is 53.2 Å². The number of rotatable bonds is 4. The number of nitrogens with zero attached hydrogens (tertiary/aromatic N) is 4. The van der Waals surface area contributed by atoms with Crippen molar-refractivity contribution in [1.29, 1.82) is 0 Å². The Labute approximate surface area is 155 Å².